The first-order valence-corrected chi connectivity index (χ1v) is 9.00. The molecule has 6 heteroatoms. The zero-order valence-electron chi connectivity index (χ0n) is 14.7. The molecule has 0 radical (unpaired) electrons. The minimum Gasteiger partial charge on any atom is -0.398 e. The number of aliphatic hydroxyl groups excluding tert-OH is 1. The number of nitrogens with two attached hydrogens (primary N) is 1. The van der Waals surface area contributed by atoms with E-state index >= 15 is 0 Å². The summed E-state index contributed by atoms with van der Waals surface area (Å²) in [5.74, 6) is 0. The highest BCUT2D eigenvalue weighted by molar-refractivity contribution is 5.91. The molecule has 1 unspecified atom stereocenters. The standard InChI is InChI=1S/C21H19N5O/c22-19-7-3-5-13-8-15(9-17(13)19)26-20(16-6-2-1-4-14(16)11-27)18-10-23-12-24-21(18)25-26/h1-7,10,12,15,27H,8-9,11,22H2. The molecule has 0 aliphatic heterocycles. The van der Waals surface area contributed by atoms with Crippen molar-refractivity contribution in [2.45, 2.75) is 25.5 Å². The average Bonchev–Trinajstić information content (AvgIpc) is 3.30. The lowest BCUT2D eigenvalue weighted by Gasteiger charge is -2.16. The number of hydrogen-bond acceptors (Lipinski definition) is 5. The van der Waals surface area contributed by atoms with Gasteiger partial charge in [0, 0.05) is 17.4 Å². The van der Waals surface area contributed by atoms with E-state index in [1.165, 1.54) is 17.5 Å². The van der Waals surface area contributed by atoms with E-state index in [-0.39, 0.29) is 12.6 Å². The minimum atomic E-state index is -0.0334. The van der Waals surface area contributed by atoms with Crippen LogP contribution in [0, 0.1) is 0 Å². The summed E-state index contributed by atoms with van der Waals surface area (Å²) in [4.78, 5) is 8.55. The molecule has 1 aliphatic rings. The summed E-state index contributed by atoms with van der Waals surface area (Å²) in [5.41, 5.74) is 12.9. The number of benzene rings is 2. The Morgan fingerprint density at radius 2 is 2.00 bits per heavy atom. The van der Waals surface area contributed by atoms with Gasteiger partial charge in [-0.15, -0.1) is 0 Å². The van der Waals surface area contributed by atoms with Gasteiger partial charge in [-0.1, -0.05) is 36.4 Å². The largest absolute Gasteiger partial charge is 0.398 e. The van der Waals surface area contributed by atoms with Crippen molar-refractivity contribution in [2.24, 2.45) is 0 Å². The van der Waals surface area contributed by atoms with E-state index in [2.05, 4.69) is 16.0 Å². The van der Waals surface area contributed by atoms with Crippen molar-refractivity contribution in [3.05, 3.63) is 71.7 Å². The molecule has 0 bridgehead atoms. The molecule has 4 aromatic rings. The normalized spacial score (nSPS) is 16.0. The Morgan fingerprint density at radius 3 is 2.85 bits per heavy atom. The topological polar surface area (TPSA) is 89.9 Å². The van der Waals surface area contributed by atoms with Gasteiger partial charge in [0.05, 0.1) is 23.7 Å². The van der Waals surface area contributed by atoms with Gasteiger partial charge in [-0.2, -0.15) is 5.10 Å². The van der Waals surface area contributed by atoms with Gasteiger partial charge in [0.2, 0.25) is 0 Å². The van der Waals surface area contributed by atoms with Crippen molar-refractivity contribution in [1.82, 2.24) is 19.7 Å². The van der Waals surface area contributed by atoms with Crippen LogP contribution in [-0.2, 0) is 19.4 Å². The van der Waals surface area contributed by atoms with Crippen molar-refractivity contribution in [3.63, 3.8) is 0 Å². The van der Waals surface area contributed by atoms with Crippen LogP contribution in [0.3, 0.4) is 0 Å². The maximum absolute atomic E-state index is 9.85. The van der Waals surface area contributed by atoms with E-state index in [1.54, 1.807) is 6.20 Å². The lowest BCUT2D eigenvalue weighted by atomic mass is 10.0. The van der Waals surface area contributed by atoms with Crippen LogP contribution in [0.2, 0.25) is 0 Å². The highest BCUT2D eigenvalue weighted by atomic mass is 16.3. The smallest absolute Gasteiger partial charge is 0.184 e. The van der Waals surface area contributed by atoms with Crippen molar-refractivity contribution >= 4 is 16.7 Å². The van der Waals surface area contributed by atoms with Crippen LogP contribution in [0.1, 0.15) is 22.7 Å². The van der Waals surface area contributed by atoms with Crippen LogP contribution >= 0.6 is 0 Å². The van der Waals surface area contributed by atoms with Crippen molar-refractivity contribution in [2.75, 3.05) is 5.73 Å². The number of fused-ring (bicyclic) bond motifs is 2. The quantitative estimate of drug-likeness (QED) is 0.550. The second-order valence-electron chi connectivity index (χ2n) is 6.92. The Labute approximate surface area is 156 Å². The molecule has 0 saturated heterocycles. The predicted octanol–water partition coefficient (Wildman–Crippen LogP) is 2.91. The molecule has 0 saturated carbocycles. The van der Waals surface area contributed by atoms with Gasteiger partial charge in [-0.25, -0.2) is 9.97 Å². The van der Waals surface area contributed by atoms with Crippen LogP contribution < -0.4 is 5.73 Å². The monoisotopic (exact) mass is 357 g/mol. The van der Waals surface area contributed by atoms with Gasteiger partial charge < -0.3 is 10.8 Å². The Kier molecular flexibility index (Phi) is 3.65. The first kappa shape index (κ1) is 16.0. The molecule has 1 atom stereocenters. The van der Waals surface area contributed by atoms with Crippen LogP contribution in [0.15, 0.2) is 55.0 Å². The summed E-state index contributed by atoms with van der Waals surface area (Å²) in [6.07, 6.45) is 5.02. The molecular weight excluding hydrogens is 338 g/mol. The third-order valence-corrected chi connectivity index (χ3v) is 5.37. The van der Waals surface area contributed by atoms with E-state index in [0.717, 1.165) is 40.7 Å². The summed E-state index contributed by atoms with van der Waals surface area (Å²) in [6, 6.07) is 14.1. The highest BCUT2D eigenvalue weighted by Crippen LogP contribution is 2.38. The van der Waals surface area contributed by atoms with E-state index in [4.69, 9.17) is 10.8 Å². The molecule has 27 heavy (non-hydrogen) atoms. The predicted molar refractivity (Wildman–Crippen MR) is 104 cm³/mol. The number of hydrogen-bond donors (Lipinski definition) is 2. The lowest BCUT2D eigenvalue weighted by molar-refractivity contribution is 0.282. The highest BCUT2D eigenvalue weighted by Gasteiger charge is 2.29. The number of aliphatic hydroxyl groups is 1. The molecule has 0 amide bonds. The van der Waals surface area contributed by atoms with Gasteiger partial charge in [0.1, 0.15) is 6.33 Å². The van der Waals surface area contributed by atoms with Crippen molar-refractivity contribution in [1.29, 1.82) is 0 Å². The molecule has 2 heterocycles. The zero-order valence-corrected chi connectivity index (χ0v) is 14.7. The number of aromatic nitrogens is 4. The van der Waals surface area contributed by atoms with Crippen molar-refractivity contribution < 1.29 is 5.11 Å². The maximum atomic E-state index is 9.85. The van der Waals surface area contributed by atoms with E-state index in [9.17, 15) is 5.11 Å². The fourth-order valence-corrected chi connectivity index (χ4v) is 4.10. The van der Waals surface area contributed by atoms with Gasteiger partial charge >= 0.3 is 0 Å². The van der Waals surface area contributed by atoms with Crippen LogP contribution in [0.5, 0.6) is 0 Å². The fourth-order valence-electron chi connectivity index (χ4n) is 4.10. The summed E-state index contributed by atoms with van der Waals surface area (Å²) in [5, 5.41) is 15.5. The molecule has 2 aromatic carbocycles. The Morgan fingerprint density at radius 1 is 1.11 bits per heavy atom. The second-order valence-corrected chi connectivity index (χ2v) is 6.92. The lowest BCUT2D eigenvalue weighted by Crippen LogP contribution is -2.13. The zero-order chi connectivity index (χ0) is 18.4. The van der Waals surface area contributed by atoms with Gasteiger partial charge in [-0.3, -0.25) is 4.68 Å². The van der Waals surface area contributed by atoms with Crippen LogP contribution in [0.25, 0.3) is 22.3 Å². The molecular formula is C21H19N5O. The van der Waals surface area contributed by atoms with Crippen LogP contribution in [0.4, 0.5) is 5.69 Å². The SMILES string of the molecule is Nc1cccc2c1CC(n1nc3ncncc3c1-c1ccccc1CO)C2. The molecule has 2 aromatic heterocycles. The molecule has 0 spiro atoms. The second kappa shape index (κ2) is 6.17. The van der Waals surface area contributed by atoms with Gasteiger partial charge in [0.15, 0.2) is 5.65 Å². The number of nitrogens with zero attached hydrogens (tertiary/aromatic N) is 4. The summed E-state index contributed by atoms with van der Waals surface area (Å²) >= 11 is 0. The summed E-state index contributed by atoms with van der Waals surface area (Å²) in [7, 11) is 0. The molecule has 134 valence electrons. The third-order valence-electron chi connectivity index (χ3n) is 5.37. The first-order valence-electron chi connectivity index (χ1n) is 9.00. The van der Waals surface area contributed by atoms with Gasteiger partial charge in [0.25, 0.3) is 0 Å². The van der Waals surface area contributed by atoms with Gasteiger partial charge in [-0.05, 0) is 35.6 Å². The Balaban J connectivity index is 1.71. The first-order chi connectivity index (χ1) is 13.3. The summed E-state index contributed by atoms with van der Waals surface area (Å²) in [6.45, 7) is -0.0334. The minimum absolute atomic E-state index is 0.0334. The molecule has 1 aliphatic carbocycles. The van der Waals surface area contributed by atoms with E-state index in [0.29, 0.717) is 5.65 Å². The third kappa shape index (κ3) is 2.49. The molecule has 3 N–H and O–H groups in total. The fraction of sp³-hybridized carbons (Fsp3) is 0.190. The number of nitrogen functional groups attached to an aromatic ring is 1. The number of anilines is 1. The van der Waals surface area contributed by atoms with Crippen LogP contribution in [-0.4, -0.2) is 24.9 Å². The maximum Gasteiger partial charge on any atom is 0.184 e. The number of rotatable bonds is 3. The van der Waals surface area contributed by atoms with E-state index in [1.807, 2.05) is 41.1 Å². The average molecular weight is 357 g/mol. The van der Waals surface area contributed by atoms with Crippen molar-refractivity contribution in [3.8, 4) is 11.3 Å². The molecule has 6 nitrogen and oxygen atoms in total. The Bertz CT molecular complexity index is 1150. The Hall–Kier alpha value is -3.25. The summed E-state index contributed by atoms with van der Waals surface area (Å²) < 4.78 is 2.05. The van der Waals surface area contributed by atoms with E-state index < -0.39 is 0 Å². The molecule has 0 fully saturated rings. The molecule has 5 rings (SSSR count).